The average Bonchev–Trinajstić information content (AvgIpc) is 2.96. The number of sulfonamides is 1. The van der Waals surface area contributed by atoms with Gasteiger partial charge in [-0.1, -0.05) is 0 Å². The van der Waals surface area contributed by atoms with Gasteiger partial charge in [-0.3, -0.25) is 14.9 Å². The van der Waals surface area contributed by atoms with Crippen LogP contribution < -0.4 is 0 Å². The van der Waals surface area contributed by atoms with Crippen LogP contribution >= 0.6 is 0 Å². The van der Waals surface area contributed by atoms with Gasteiger partial charge in [0.1, 0.15) is 6.04 Å². The maximum atomic E-state index is 13.1. The van der Waals surface area contributed by atoms with Crippen LogP contribution in [0.5, 0.6) is 0 Å². The fourth-order valence-corrected chi connectivity index (χ4v) is 4.32. The zero-order valence-electron chi connectivity index (χ0n) is 11.9. The molecule has 1 aliphatic rings. The molecule has 1 N–H and O–H groups in total. The average molecular weight is 368 g/mol. The van der Waals surface area contributed by atoms with Crippen molar-refractivity contribution in [2.45, 2.75) is 30.0 Å². The number of rotatable bonds is 4. The molecule has 0 aromatic heterocycles. The quantitative estimate of drug-likeness (QED) is 0.640. The van der Waals surface area contributed by atoms with Gasteiger partial charge in [0.05, 0.1) is 15.4 Å². The van der Waals surface area contributed by atoms with Crippen LogP contribution in [0.3, 0.4) is 0 Å². The summed E-state index contributed by atoms with van der Waals surface area (Å²) in [6, 6.07) is -0.230. The first kappa shape index (κ1) is 18.1. The number of aliphatic carboxylic acids is 1. The normalized spacial score (nSPS) is 19.4. The molecule has 24 heavy (non-hydrogen) atoms. The summed E-state index contributed by atoms with van der Waals surface area (Å²) in [5.74, 6) is -1.47. The van der Waals surface area contributed by atoms with Gasteiger partial charge in [0.2, 0.25) is 10.0 Å². The number of hydrogen-bond acceptors (Lipinski definition) is 5. The minimum Gasteiger partial charge on any atom is -0.480 e. The van der Waals surface area contributed by atoms with Crippen LogP contribution in [0.2, 0.25) is 0 Å². The van der Waals surface area contributed by atoms with E-state index in [9.17, 15) is 36.5 Å². The summed E-state index contributed by atoms with van der Waals surface area (Å²) in [5, 5.41) is 19.7. The van der Waals surface area contributed by atoms with E-state index < -0.39 is 49.3 Å². The lowest BCUT2D eigenvalue weighted by atomic mass is 10.2. The molecule has 0 spiro atoms. The molecule has 1 aromatic carbocycles. The number of carboxylic acids is 1. The van der Waals surface area contributed by atoms with Crippen molar-refractivity contribution in [2.24, 2.45) is 0 Å². The van der Waals surface area contributed by atoms with Gasteiger partial charge in [0.15, 0.2) is 0 Å². The molecule has 8 nitrogen and oxygen atoms in total. The van der Waals surface area contributed by atoms with Crippen LogP contribution in [0.25, 0.3) is 0 Å². The summed E-state index contributed by atoms with van der Waals surface area (Å²) >= 11 is 0. The number of hydrogen-bond donors (Lipinski definition) is 1. The summed E-state index contributed by atoms with van der Waals surface area (Å²) < 4.78 is 64.9. The SMILES string of the molecule is O=C(O)C1CCCN1S(=O)(=O)c1ccc([N+](=O)[O-])cc1C(F)(F)F. The topological polar surface area (TPSA) is 118 Å². The van der Waals surface area contributed by atoms with Crippen molar-refractivity contribution in [3.8, 4) is 0 Å². The Labute approximate surface area is 133 Å². The van der Waals surface area contributed by atoms with E-state index in [1.807, 2.05) is 0 Å². The van der Waals surface area contributed by atoms with Gasteiger partial charge in [-0.15, -0.1) is 0 Å². The van der Waals surface area contributed by atoms with Crippen molar-refractivity contribution in [3.05, 3.63) is 33.9 Å². The van der Waals surface area contributed by atoms with Gasteiger partial charge in [0, 0.05) is 18.7 Å². The first-order chi connectivity index (χ1) is 11.0. The molecule has 1 fully saturated rings. The van der Waals surface area contributed by atoms with E-state index in [4.69, 9.17) is 5.11 Å². The van der Waals surface area contributed by atoms with Gasteiger partial charge in [0.25, 0.3) is 5.69 Å². The predicted octanol–water partition coefficient (Wildman–Crippen LogP) is 1.85. The highest BCUT2D eigenvalue weighted by molar-refractivity contribution is 7.89. The molecule has 132 valence electrons. The Morgan fingerprint density at radius 1 is 1.38 bits per heavy atom. The van der Waals surface area contributed by atoms with Crippen LogP contribution in [0.4, 0.5) is 18.9 Å². The Morgan fingerprint density at radius 3 is 2.50 bits per heavy atom. The number of alkyl halides is 3. The highest BCUT2D eigenvalue weighted by atomic mass is 32.2. The molecule has 1 aliphatic heterocycles. The molecular formula is C12H11F3N2O6S. The van der Waals surface area contributed by atoms with E-state index in [1.54, 1.807) is 0 Å². The third-order valence-corrected chi connectivity index (χ3v) is 5.52. The Hall–Kier alpha value is -2.21. The second-order valence-electron chi connectivity index (χ2n) is 5.05. The van der Waals surface area contributed by atoms with Crippen molar-refractivity contribution in [2.75, 3.05) is 6.54 Å². The second-order valence-corrected chi connectivity index (χ2v) is 6.91. The second kappa shape index (κ2) is 6.02. The summed E-state index contributed by atoms with van der Waals surface area (Å²) in [5.41, 5.74) is -2.62. The van der Waals surface area contributed by atoms with Gasteiger partial charge < -0.3 is 5.11 Å². The first-order valence-electron chi connectivity index (χ1n) is 6.56. The first-order valence-corrected chi connectivity index (χ1v) is 8.00. The molecule has 1 saturated heterocycles. The lowest BCUT2D eigenvalue weighted by Crippen LogP contribution is -2.41. The monoisotopic (exact) mass is 368 g/mol. The Morgan fingerprint density at radius 2 is 2.00 bits per heavy atom. The molecule has 12 heteroatoms. The fourth-order valence-electron chi connectivity index (χ4n) is 2.48. The van der Waals surface area contributed by atoms with E-state index in [0.717, 1.165) is 0 Å². The van der Waals surface area contributed by atoms with Crippen LogP contribution in [0.15, 0.2) is 23.1 Å². The highest BCUT2D eigenvalue weighted by Gasteiger charge is 2.44. The summed E-state index contributed by atoms with van der Waals surface area (Å²) in [6.07, 6.45) is -5.00. The standard InChI is InChI=1S/C12H11F3N2O6S/c13-12(14,15)8-6-7(17(20)21)3-4-10(8)24(22,23)16-5-1-2-9(16)11(18)19/h3-4,6,9H,1-2,5H2,(H,18,19). The van der Waals surface area contributed by atoms with Crippen molar-refractivity contribution in [1.82, 2.24) is 4.31 Å². The predicted molar refractivity (Wildman–Crippen MR) is 72.6 cm³/mol. The number of carboxylic acid groups (broad SMARTS) is 1. The number of nitro benzene ring substituents is 1. The molecule has 0 radical (unpaired) electrons. The number of benzene rings is 1. The van der Waals surface area contributed by atoms with E-state index in [2.05, 4.69) is 0 Å². The maximum Gasteiger partial charge on any atom is 0.417 e. The third kappa shape index (κ3) is 3.19. The molecule has 0 aliphatic carbocycles. The molecular weight excluding hydrogens is 357 g/mol. The largest absolute Gasteiger partial charge is 0.480 e. The van der Waals surface area contributed by atoms with Crippen LogP contribution in [0, 0.1) is 10.1 Å². The van der Waals surface area contributed by atoms with Gasteiger partial charge in [-0.05, 0) is 18.9 Å². The fraction of sp³-hybridized carbons (Fsp3) is 0.417. The summed E-state index contributed by atoms with van der Waals surface area (Å²) in [4.78, 5) is 19.5. The molecule has 1 atom stereocenters. The molecule has 2 rings (SSSR count). The zero-order valence-corrected chi connectivity index (χ0v) is 12.7. The van der Waals surface area contributed by atoms with Crippen molar-refractivity contribution >= 4 is 21.7 Å². The lowest BCUT2D eigenvalue weighted by Gasteiger charge is -2.23. The zero-order chi connectivity index (χ0) is 18.3. The van der Waals surface area contributed by atoms with Crippen molar-refractivity contribution in [1.29, 1.82) is 0 Å². The number of nitrogens with zero attached hydrogens (tertiary/aromatic N) is 2. The molecule has 0 amide bonds. The van der Waals surface area contributed by atoms with Gasteiger partial charge in [-0.2, -0.15) is 17.5 Å². The summed E-state index contributed by atoms with van der Waals surface area (Å²) in [7, 11) is -4.78. The van der Waals surface area contributed by atoms with E-state index in [1.165, 1.54) is 0 Å². The molecule has 0 bridgehead atoms. The number of non-ortho nitro benzene ring substituents is 1. The van der Waals surface area contributed by atoms with Crippen LogP contribution in [-0.2, 0) is 21.0 Å². The summed E-state index contributed by atoms with van der Waals surface area (Å²) in [6.45, 7) is -0.242. The van der Waals surface area contributed by atoms with Gasteiger partial charge >= 0.3 is 12.1 Å². The number of carbonyl (C=O) groups is 1. The van der Waals surface area contributed by atoms with E-state index in [-0.39, 0.29) is 25.5 Å². The van der Waals surface area contributed by atoms with Crippen molar-refractivity contribution < 1.29 is 36.4 Å². The number of halogens is 3. The van der Waals surface area contributed by atoms with Crippen LogP contribution in [0.1, 0.15) is 18.4 Å². The van der Waals surface area contributed by atoms with Crippen LogP contribution in [-0.4, -0.2) is 41.3 Å². The molecule has 0 saturated carbocycles. The molecule has 1 heterocycles. The lowest BCUT2D eigenvalue weighted by molar-refractivity contribution is -0.385. The minimum absolute atomic E-state index is 0.0249. The third-order valence-electron chi connectivity index (χ3n) is 3.55. The van der Waals surface area contributed by atoms with Crippen molar-refractivity contribution in [3.63, 3.8) is 0 Å². The Balaban J connectivity index is 2.62. The van der Waals surface area contributed by atoms with E-state index in [0.29, 0.717) is 16.4 Å². The number of nitro groups is 1. The van der Waals surface area contributed by atoms with Gasteiger partial charge in [-0.25, -0.2) is 8.42 Å². The molecule has 1 aromatic rings. The Bertz CT molecular complexity index is 792. The van der Waals surface area contributed by atoms with E-state index >= 15 is 0 Å². The molecule has 1 unspecified atom stereocenters. The smallest absolute Gasteiger partial charge is 0.417 e. The Kier molecular flexibility index (Phi) is 4.55. The maximum absolute atomic E-state index is 13.1. The highest BCUT2D eigenvalue weighted by Crippen LogP contribution is 2.38. The minimum atomic E-state index is -5.16.